The fourth-order valence-electron chi connectivity index (χ4n) is 1.64. The van der Waals surface area contributed by atoms with Crippen molar-refractivity contribution in [1.29, 1.82) is 0 Å². The Kier molecular flexibility index (Phi) is 4.87. The summed E-state index contributed by atoms with van der Waals surface area (Å²) in [5.74, 6) is -3.26. The molecule has 0 saturated heterocycles. The molecule has 1 N–H and O–H groups in total. The number of hydrogen-bond acceptors (Lipinski definition) is 2. The third-order valence-electron chi connectivity index (χ3n) is 2.83. The first-order valence-corrected chi connectivity index (χ1v) is 5.96. The maximum absolute atomic E-state index is 13.9. The molecule has 0 aliphatic rings. The van der Waals surface area contributed by atoms with E-state index in [4.69, 9.17) is 21.4 Å². The van der Waals surface area contributed by atoms with Crippen LogP contribution in [0.2, 0.25) is 5.02 Å². The second-order valence-electron chi connectivity index (χ2n) is 4.92. The molecule has 0 atom stereocenters. The van der Waals surface area contributed by atoms with Gasteiger partial charge in [-0.3, -0.25) is 4.79 Å². The first-order chi connectivity index (χ1) is 8.70. The zero-order valence-corrected chi connectivity index (χ0v) is 11.6. The van der Waals surface area contributed by atoms with Crippen molar-refractivity contribution in [2.24, 2.45) is 5.41 Å². The molecule has 0 aromatic heterocycles. The minimum Gasteiger partial charge on any atom is -0.481 e. The predicted molar refractivity (Wildman–Crippen MR) is 67.2 cm³/mol. The van der Waals surface area contributed by atoms with Gasteiger partial charge in [0.2, 0.25) is 0 Å². The van der Waals surface area contributed by atoms with Crippen LogP contribution >= 0.6 is 11.6 Å². The van der Waals surface area contributed by atoms with Crippen LogP contribution in [0.25, 0.3) is 0 Å². The lowest BCUT2D eigenvalue weighted by Crippen LogP contribution is -2.27. The summed E-state index contributed by atoms with van der Waals surface area (Å²) in [5.41, 5.74) is -1.34. The molecule has 0 aliphatic carbocycles. The number of hydrogen-bond donors (Lipinski definition) is 1. The minimum absolute atomic E-state index is 0.0249. The summed E-state index contributed by atoms with van der Waals surface area (Å²) >= 11 is 5.86. The summed E-state index contributed by atoms with van der Waals surface area (Å²) in [5, 5.41) is 9.03. The van der Waals surface area contributed by atoms with E-state index in [0.29, 0.717) is 0 Å². The van der Waals surface area contributed by atoms with E-state index < -0.39 is 23.0 Å². The van der Waals surface area contributed by atoms with E-state index in [1.807, 2.05) is 0 Å². The first kappa shape index (κ1) is 15.9. The van der Waals surface area contributed by atoms with E-state index in [1.165, 1.54) is 27.0 Å². The molecule has 6 heteroatoms. The summed E-state index contributed by atoms with van der Waals surface area (Å²) in [4.78, 5) is 11.0. The van der Waals surface area contributed by atoms with Crippen molar-refractivity contribution in [3.63, 3.8) is 0 Å². The molecule has 0 spiro atoms. The molecule has 0 radical (unpaired) electrons. The second-order valence-corrected chi connectivity index (χ2v) is 5.33. The van der Waals surface area contributed by atoms with Crippen molar-refractivity contribution in [1.82, 2.24) is 0 Å². The first-order valence-electron chi connectivity index (χ1n) is 5.58. The normalized spacial score (nSPS) is 11.7. The number of carboxylic acid groups (broad SMARTS) is 1. The molecule has 0 aliphatic heterocycles. The standard InChI is InChI=1S/C13H15ClF2O3/c1-13(2,12(17)18)5-7-4-9(14)8(6-19-3)11(16)10(7)15/h4H,5-6H2,1-3H3,(H,17,18). The van der Waals surface area contributed by atoms with Gasteiger partial charge in [-0.15, -0.1) is 0 Å². The topological polar surface area (TPSA) is 46.5 Å². The molecule has 0 fully saturated rings. The van der Waals surface area contributed by atoms with Crippen molar-refractivity contribution in [3.8, 4) is 0 Å². The van der Waals surface area contributed by atoms with Gasteiger partial charge in [-0.2, -0.15) is 0 Å². The van der Waals surface area contributed by atoms with Crippen LogP contribution in [0.4, 0.5) is 8.78 Å². The smallest absolute Gasteiger partial charge is 0.309 e. The molecule has 0 bridgehead atoms. The van der Waals surface area contributed by atoms with Crippen LogP contribution in [0.15, 0.2) is 6.07 Å². The van der Waals surface area contributed by atoms with Crippen LogP contribution < -0.4 is 0 Å². The number of halogens is 3. The monoisotopic (exact) mass is 292 g/mol. The van der Waals surface area contributed by atoms with Crippen LogP contribution in [0, 0.1) is 17.0 Å². The highest BCUT2D eigenvalue weighted by molar-refractivity contribution is 6.31. The number of carbonyl (C=O) groups is 1. The van der Waals surface area contributed by atoms with Gasteiger partial charge in [0.25, 0.3) is 0 Å². The Balaban J connectivity index is 3.22. The van der Waals surface area contributed by atoms with Gasteiger partial charge >= 0.3 is 5.97 Å². The van der Waals surface area contributed by atoms with E-state index in [-0.39, 0.29) is 29.2 Å². The Morgan fingerprint density at radius 3 is 2.47 bits per heavy atom. The average Bonchev–Trinajstić information content (AvgIpc) is 2.31. The minimum atomic E-state index is -1.21. The SMILES string of the molecule is COCc1c(Cl)cc(CC(C)(C)C(=O)O)c(F)c1F. The summed E-state index contributed by atoms with van der Waals surface area (Å²) < 4.78 is 32.4. The lowest BCUT2D eigenvalue weighted by Gasteiger charge is -2.20. The molecule has 0 heterocycles. The number of carboxylic acids is 1. The molecule has 19 heavy (non-hydrogen) atoms. The lowest BCUT2D eigenvalue weighted by atomic mass is 9.85. The predicted octanol–water partition coefficient (Wildman–Crippen LogP) is 3.42. The van der Waals surface area contributed by atoms with E-state index in [9.17, 15) is 13.6 Å². The zero-order chi connectivity index (χ0) is 14.8. The van der Waals surface area contributed by atoms with Crippen molar-refractivity contribution in [3.05, 3.63) is 33.9 Å². The van der Waals surface area contributed by atoms with Crippen LogP contribution in [0.3, 0.4) is 0 Å². The van der Waals surface area contributed by atoms with Gasteiger partial charge in [0.05, 0.1) is 12.0 Å². The highest BCUT2D eigenvalue weighted by Gasteiger charge is 2.30. The molecule has 3 nitrogen and oxygen atoms in total. The largest absolute Gasteiger partial charge is 0.481 e. The van der Waals surface area contributed by atoms with E-state index in [2.05, 4.69) is 0 Å². The van der Waals surface area contributed by atoms with Crippen molar-refractivity contribution in [2.75, 3.05) is 7.11 Å². The quantitative estimate of drug-likeness (QED) is 0.846. The molecule has 106 valence electrons. The van der Waals surface area contributed by atoms with Crippen LogP contribution in [-0.2, 0) is 22.6 Å². The number of ether oxygens (including phenoxy) is 1. The number of aliphatic carboxylic acids is 1. The van der Waals surface area contributed by atoms with Crippen LogP contribution in [-0.4, -0.2) is 18.2 Å². The Morgan fingerprint density at radius 1 is 1.42 bits per heavy atom. The van der Waals surface area contributed by atoms with Gasteiger partial charge < -0.3 is 9.84 Å². The maximum Gasteiger partial charge on any atom is 0.309 e. The average molecular weight is 293 g/mol. The Labute approximate surface area is 115 Å². The summed E-state index contributed by atoms with van der Waals surface area (Å²) in [7, 11) is 1.34. The van der Waals surface area contributed by atoms with Gasteiger partial charge in [-0.1, -0.05) is 11.6 Å². The second kappa shape index (κ2) is 5.84. The third kappa shape index (κ3) is 3.42. The van der Waals surface area contributed by atoms with Gasteiger partial charge in [0, 0.05) is 17.7 Å². The summed E-state index contributed by atoms with van der Waals surface area (Å²) in [6.07, 6.45) is -0.155. The van der Waals surface area contributed by atoms with E-state index >= 15 is 0 Å². The van der Waals surface area contributed by atoms with Crippen molar-refractivity contribution in [2.45, 2.75) is 26.9 Å². The molecule has 1 aromatic carbocycles. The fourth-order valence-corrected chi connectivity index (χ4v) is 1.91. The fraction of sp³-hybridized carbons (Fsp3) is 0.462. The van der Waals surface area contributed by atoms with E-state index in [0.717, 1.165) is 0 Å². The zero-order valence-electron chi connectivity index (χ0n) is 10.9. The van der Waals surface area contributed by atoms with Crippen molar-refractivity contribution < 1.29 is 23.4 Å². The van der Waals surface area contributed by atoms with Gasteiger partial charge in [0.1, 0.15) is 0 Å². The molecule has 0 unspecified atom stereocenters. The highest BCUT2D eigenvalue weighted by atomic mass is 35.5. The Hall–Kier alpha value is -1.20. The Morgan fingerprint density at radius 2 is 2.00 bits per heavy atom. The Bertz CT molecular complexity index is 501. The number of methoxy groups -OCH3 is 1. The van der Waals surface area contributed by atoms with Gasteiger partial charge in [-0.05, 0) is 31.9 Å². The summed E-state index contributed by atoms with van der Waals surface area (Å²) in [6.45, 7) is 2.72. The maximum atomic E-state index is 13.9. The third-order valence-corrected chi connectivity index (χ3v) is 3.17. The number of benzene rings is 1. The molecule has 1 aromatic rings. The molecular weight excluding hydrogens is 278 g/mol. The van der Waals surface area contributed by atoms with Gasteiger partial charge in [0.15, 0.2) is 11.6 Å². The van der Waals surface area contributed by atoms with Crippen LogP contribution in [0.1, 0.15) is 25.0 Å². The van der Waals surface area contributed by atoms with Crippen molar-refractivity contribution >= 4 is 17.6 Å². The van der Waals surface area contributed by atoms with Crippen LogP contribution in [0.5, 0.6) is 0 Å². The van der Waals surface area contributed by atoms with Gasteiger partial charge in [-0.25, -0.2) is 8.78 Å². The molecule has 1 rings (SSSR count). The summed E-state index contributed by atoms with van der Waals surface area (Å²) in [6, 6.07) is 1.25. The molecule has 0 saturated carbocycles. The molecule has 0 amide bonds. The number of rotatable bonds is 5. The highest BCUT2D eigenvalue weighted by Crippen LogP contribution is 2.30. The molecular formula is C13H15ClF2O3. The van der Waals surface area contributed by atoms with E-state index in [1.54, 1.807) is 0 Å². The lowest BCUT2D eigenvalue weighted by molar-refractivity contribution is -0.146.